The van der Waals surface area contributed by atoms with E-state index in [1.165, 1.54) is 0 Å². The molecular weight excluding hydrogens is 448 g/mol. The fourth-order valence-electron chi connectivity index (χ4n) is 3.57. The maximum Gasteiger partial charge on any atom is 0.344 e. The first-order chi connectivity index (χ1) is 17.1. The SMILES string of the molecule is O=C(COC(=O)COc1ccc(OCc2ccccc2)cc1)Nc1cccc(N2CCCC2=O)c1. The first kappa shape index (κ1) is 23.8. The van der Waals surface area contributed by atoms with Gasteiger partial charge in [-0.3, -0.25) is 9.59 Å². The first-order valence-electron chi connectivity index (χ1n) is 11.3. The zero-order chi connectivity index (χ0) is 24.5. The number of nitrogens with one attached hydrogen (secondary N) is 1. The number of benzene rings is 3. The van der Waals surface area contributed by atoms with Crippen LogP contribution in [0.4, 0.5) is 11.4 Å². The van der Waals surface area contributed by atoms with Crippen LogP contribution in [-0.4, -0.2) is 37.5 Å². The Balaban J connectivity index is 1.17. The van der Waals surface area contributed by atoms with Gasteiger partial charge < -0.3 is 24.4 Å². The van der Waals surface area contributed by atoms with Crippen LogP contribution >= 0.6 is 0 Å². The van der Waals surface area contributed by atoms with Gasteiger partial charge in [-0.2, -0.15) is 0 Å². The van der Waals surface area contributed by atoms with Gasteiger partial charge in [0.2, 0.25) is 5.91 Å². The average Bonchev–Trinajstić information content (AvgIpc) is 3.32. The van der Waals surface area contributed by atoms with E-state index in [9.17, 15) is 14.4 Å². The third-order valence-electron chi connectivity index (χ3n) is 5.31. The standard InChI is InChI=1S/C27H26N2O6/c30-25(28-21-8-4-9-22(16-21)29-15-5-10-26(29)31)18-35-27(32)19-34-24-13-11-23(12-14-24)33-17-20-6-2-1-3-7-20/h1-4,6-9,11-14,16H,5,10,15,17-19H2,(H,28,30). The van der Waals surface area contributed by atoms with E-state index >= 15 is 0 Å². The topological polar surface area (TPSA) is 94.2 Å². The number of carbonyl (C=O) groups excluding carboxylic acids is 3. The van der Waals surface area contributed by atoms with Gasteiger partial charge in [0.15, 0.2) is 13.2 Å². The number of nitrogens with zero attached hydrogens (tertiary/aromatic N) is 1. The fraction of sp³-hybridized carbons (Fsp3) is 0.222. The minimum atomic E-state index is -0.666. The second-order valence-corrected chi connectivity index (χ2v) is 7.94. The minimum Gasteiger partial charge on any atom is -0.489 e. The Labute approximate surface area is 203 Å². The maximum atomic E-state index is 12.2. The molecule has 0 atom stereocenters. The summed E-state index contributed by atoms with van der Waals surface area (Å²) in [5.41, 5.74) is 2.32. The van der Waals surface area contributed by atoms with Crippen LogP contribution in [0.15, 0.2) is 78.9 Å². The van der Waals surface area contributed by atoms with Gasteiger partial charge in [0.05, 0.1) is 0 Å². The Hall–Kier alpha value is -4.33. The Morgan fingerprint density at radius 2 is 1.60 bits per heavy atom. The molecule has 0 bridgehead atoms. The van der Waals surface area contributed by atoms with Gasteiger partial charge >= 0.3 is 5.97 Å². The van der Waals surface area contributed by atoms with Gasteiger partial charge in [-0.05, 0) is 54.4 Å². The van der Waals surface area contributed by atoms with Crippen molar-refractivity contribution in [2.75, 3.05) is 30.0 Å². The Bertz CT molecular complexity index is 1160. The molecule has 0 aliphatic carbocycles. The summed E-state index contributed by atoms with van der Waals surface area (Å²) in [6.45, 7) is 0.346. The van der Waals surface area contributed by atoms with Crippen molar-refractivity contribution in [1.82, 2.24) is 0 Å². The number of hydrogen-bond acceptors (Lipinski definition) is 6. The van der Waals surface area contributed by atoms with E-state index in [1.807, 2.05) is 36.4 Å². The van der Waals surface area contributed by atoms with E-state index < -0.39 is 18.5 Å². The van der Waals surface area contributed by atoms with Crippen molar-refractivity contribution < 1.29 is 28.6 Å². The highest BCUT2D eigenvalue weighted by molar-refractivity contribution is 5.97. The minimum absolute atomic E-state index is 0.0664. The summed E-state index contributed by atoms with van der Waals surface area (Å²) in [5.74, 6) is 0.0752. The van der Waals surface area contributed by atoms with Crippen LogP contribution in [0.1, 0.15) is 18.4 Å². The van der Waals surface area contributed by atoms with E-state index in [0.717, 1.165) is 17.7 Å². The molecule has 1 saturated heterocycles. The molecule has 1 aliphatic rings. The maximum absolute atomic E-state index is 12.2. The molecule has 0 saturated carbocycles. The number of amides is 2. The molecule has 8 nitrogen and oxygen atoms in total. The molecule has 8 heteroatoms. The number of ether oxygens (including phenoxy) is 3. The summed E-state index contributed by atoms with van der Waals surface area (Å²) >= 11 is 0. The molecular formula is C27H26N2O6. The number of hydrogen-bond donors (Lipinski definition) is 1. The molecule has 0 unspecified atom stereocenters. The lowest BCUT2D eigenvalue weighted by atomic mass is 10.2. The number of carbonyl (C=O) groups is 3. The molecule has 1 aliphatic heterocycles. The molecule has 35 heavy (non-hydrogen) atoms. The van der Waals surface area contributed by atoms with Crippen LogP contribution in [0.2, 0.25) is 0 Å². The van der Waals surface area contributed by atoms with Crippen LogP contribution in [0.25, 0.3) is 0 Å². The highest BCUT2D eigenvalue weighted by Gasteiger charge is 2.21. The number of rotatable bonds is 10. The summed E-state index contributed by atoms with van der Waals surface area (Å²) in [6.07, 6.45) is 1.35. The molecule has 3 aromatic carbocycles. The first-order valence-corrected chi connectivity index (χ1v) is 11.3. The molecule has 3 aromatic rings. The van der Waals surface area contributed by atoms with E-state index in [1.54, 1.807) is 47.4 Å². The largest absolute Gasteiger partial charge is 0.489 e. The quantitative estimate of drug-likeness (QED) is 0.447. The lowest BCUT2D eigenvalue weighted by Gasteiger charge is -2.16. The van der Waals surface area contributed by atoms with Crippen LogP contribution in [-0.2, 0) is 25.7 Å². The van der Waals surface area contributed by atoms with E-state index in [-0.39, 0.29) is 12.5 Å². The summed E-state index contributed by atoms with van der Waals surface area (Å²) in [6, 6.07) is 23.7. The van der Waals surface area contributed by atoms with Gasteiger partial charge in [-0.15, -0.1) is 0 Å². The van der Waals surface area contributed by atoms with Gasteiger partial charge in [0.1, 0.15) is 18.1 Å². The predicted molar refractivity (Wildman–Crippen MR) is 130 cm³/mol. The van der Waals surface area contributed by atoms with Gasteiger partial charge in [0, 0.05) is 24.3 Å². The van der Waals surface area contributed by atoms with Gasteiger partial charge in [-0.1, -0.05) is 36.4 Å². The molecule has 2 amide bonds. The monoisotopic (exact) mass is 474 g/mol. The molecule has 0 spiro atoms. The highest BCUT2D eigenvalue weighted by Crippen LogP contribution is 2.24. The third-order valence-corrected chi connectivity index (χ3v) is 5.31. The van der Waals surface area contributed by atoms with Crippen LogP contribution in [0.3, 0.4) is 0 Å². The molecule has 0 aromatic heterocycles. The van der Waals surface area contributed by atoms with Crippen molar-refractivity contribution >= 4 is 29.2 Å². The third kappa shape index (κ3) is 7.07. The molecule has 4 rings (SSSR count). The summed E-state index contributed by atoms with van der Waals surface area (Å²) in [7, 11) is 0. The van der Waals surface area contributed by atoms with E-state index in [2.05, 4.69) is 5.32 Å². The van der Waals surface area contributed by atoms with Crippen LogP contribution in [0, 0.1) is 0 Å². The molecule has 1 fully saturated rings. The second kappa shape index (κ2) is 11.7. The Kier molecular flexibility index (Phi) is 7.96. The summed E-state index contributed by atoms with van der Waals surface area (Å²) < 4.78 is 16.1. The van der Waals surface area contributed by atoms with E-state index in [0.29, 0.717) is 36.8 Å². The normalized spacial score (nSPS) is 12.8. The Morgan fingerprint density at radius 1 is 0.857 bits per heavy atom. The van der Waals surface area contributed by atoms with Gasteiger partial charge in [0.25, 0.3) is 5.91 Å². The van der Waals surface area contributed by atoms with Crippen molar-refractivity contribution in [1.29, 1.82) is 0 Å². The summed E-state index contributed by atoms with van der Waals surface area (Å²) in [4.78, 5) is 37.7. The van der Waals surface area contributed by atoms with Crippen molar-refractivity contribution in [3.05, 3.63) is 84.4 Å². The zero-order valence-corrected chi connectivity index (χ0v) is 19.1. The average molecular weight is 475 g/mol. The Morgan fingerprint density at radius 3 is 2.31 bits per heavy atom. The van der Waals surface area contributed by atoms with Crippen molar-refractivity contribution in [2.24, 2.45) is 0 Å². The van der Waals surface area contributed by atoms with Crippen LogP contribution in [0.5, 0.6) is 11.5 Å². The molecule has 1 heterocycles. The molecule has 0 radical (unpaired) electrons. The fourth-order valence-corrected chi connectivity index (χ4v) is 3.57. The second-order valence-electron chi connectivity index (χ2n) is 7.94. The molecule has 1 N–H and O–H groups in total. The lowest BCUT2D eigenvalue weighted by Crippen LogP contribution is -2.25. The van der Waals surface area contributed by atoms with Crippen molar-refractivity contribution in [2.45, 2.75) is 19.4 Å². The van der Waals surface area contributed by atoms with E-state index in [4.69, 9.17) is 14.2 Å². The number of esters is 1. The predicted octanol–water partition coefficient (Wildman–Crippen LogP) is 3.95. The highest BCUT2D eigenvalue weighted by atomic mass is 16.6. The molecule has 180 valence electrons. The lowest BCUT2D eigenvalue weighted by molar-refractivity contribution is -0.149. The van der Waals surface area contributed by atoms with Crippen LogP contribution < -0.4 is 19.7 Å². The number of anilines is 2. The summed E-state index contributed by atoms with van der Waals surface area (Å²) in [5, 5.41) is 2.67. The van der Waals surface area contributed by atoms with Crippen molar-refractivity contribution in [3.8, 4) is 11.5 Å². The van der Waals surface area contributed by atoms with Gasteiger partial charge in [-0.25, -0.2) is 4.79 Å². The zero-order valence-electron chi connectivity index (χ0n) is 19.1. The van der Waals surface area contributed by atoms with Crippen molar-refractivity contribution in [3.63, 3.8) is 0 Å². The smallest absolute Gasteiger partial charge is 0.344 e.